The molecule has 8 heteroatoms. The molecule has 0 bridgehead atoms. The molecule has 0 spiro atoms. The minimum Gasteiger partial charge on any atom is -0.352 e. The number of guanidine groups is 1. The van der Waals surface area contributed by atoms with E-state index in [4.69, 9.17) is 0 Å². The Balaban J connectivity index is 0.00000288. The van der Waals surface area contributed by atoms with Gasteiger partial charge in [-0.05, 0) is 19.8 Å². The van der Waals surface area contributed by atoms with Crippen molar-refractivity contribution in [2.45, 2.75) is 25.8 Å². The zero-order valence-corrected chi connectivity index (χ0v) is 17.1. The van der Waals surface area contributed by atoms with E-state index in [1.807, 2.05) is 16.7 Å². The van der Waals surface area contributed by atoms with Gasteiger partial charge in [-0.15, -0.1) is 24.0 Å². The summed E-state index contributed by atoms with van der Waals surface area (Å²) < 4.78 is 0. The van der Waals surface area contributed by atoms with Crippen molar-refractivity contribution in [2.75, 3.05) is 46.8 Å². The summed E-state index contributed by atoms with van der Waals surface area (Å²) in [5, 5.41) is 3.20. The van der Waals surface area contributed by atoms with E-state index in [1.54, 1.807) is 14.1 Å². The van der Waals surface area contributed by atoms with Crippen LogP contribution in [-0.2, 0) is 9.59 Å². The highest BCUT2D eigenvalue weighted by atomic mass is 127. The number of rotatable bonds is 5. The minimum atomic E-state index is -0.0671. The Morgan fingerprint density at radius 1 is 1.38 bits per heavy atom. The lowest BCUT2D eigenvalue weighted by Crippen LogP contribution is -2.56. The molecule has 24 heavy (non-hydrogen) atoms. The Hall–Kier alpha value is -1.32. The standard InChI is InChI=1S/C16H27N5O2.HI/c1-12(2)9-17-16(18-10-14(22)19(3)4)20-7-8-21(13-5-6-13)15(23)11-20;/h13H,1,5-11H2,2-4H3,(H,17,18);1H. The smallest absolute Gasteiger partial charge is 0.243 e. The molecule has 2 aliphatic rings. The van der Waals surface area contributed by atoms with Gasteiger partial charge in [0.25, 0.3) is 0 Å². The summed E-state index contributed by atoms with van der Waals surface area (Å²) in [5.41, 5.74) is 0.972. The van der Waals surface area contributed by atoms with E-state index in [-0.39, 0.29) is 42.3 Å². The number of hydrogen-bond donors (Lipinski definition) is 1. The van der Waals surface area contributed by atoms with Gasteiger partial charge in [0, 0.05) is 39.8 Å². The molecule has 136 valence electrons. The Bertz CT molecular complexity index is 517. The van der Waals surface area contributed by atoms with Gasteiger partial charge in [-0.1, -0.05) is 12.2 Å². The van der Waals surface area contributed by atoms with Gasteiger partial charge in [0.2, 0.25) is 11.8 Å². The predicted octanol–water partition coefficient (Wildman–Crippen LogP) is 0.521. The zero-order valence-electron chi connectivity index (χ0n) is 14.7. The number of nitrogens with zero attached hydrogens (tertiary/aromatic N) is 4. The fourth-order valence-corrected chi connectivity index (χ4v) is 2.42. The molecule has 0 aromatic rings. The maximum absolute atomic E-state index is 12.3. The van der Waals surface area contributed by atoms with Gasteiger partial charge in [-0.3, -0.25) is 9.59 Å². The van der Waals surface area contributed by atoms with E-state index < -0.39 is 0 Å². The van der Waals surface area contributed by atoms with Crippen LogP contribution in [0.15, 0.2) is 17.1 Å². The lowest BCUT2D eigenvalue weighted by atomic mass is 10.3. The van der Waals surface area contributed by atoms with Crippen LogP contribution in [-0.4, -0.2) is 85.3 Å². The van der Waals surface area contributed by atoms with Gasteiger partial charge in [0.05, 0.1) is 6.54 Å². The maximum atomic E-state index is 12.3. The third-order valence-corrected chi connectivity index (χ3v) is 3.96. The topological polar surface area (TPSA) is 68.2 Å². The van der Waals surface area contributed by atoms with Crippen molar-refractivity contribution >= 4 is 41.8 Å². The molecule has 1 saturated heterocycles. The highest BCUT2D eigenvalue weighted by Crippen LogP contribution is 2.27. The molecule has 1 heterocycles. The summed E-state index contributed by atoms with van der Waals surface area (Å²) in [7, 11) is 3.41. The van der Waals surface area contributed by atoms with Gasteiger partial charge in [0.1, 0.15) is 6.54 Å². The number of carbonyl (C=O) groups is 2. The average Bonchev–Trinajstić information content (AvgIpc) is 3.31. The second kappa shape index (κ2) is 9.24. The molecule has 0 aromatic carbocycles. The Morgan fingerprint density at radius 3 is 2.54 bits per heavy atom. The summed E-state index contributed by atoms with van der Waals surface area (Å²) in [6, 6.07) is 0.448. The number of nitrogens with one attached hydrogen (secondary N) is 1. The average molecular weight is 449 g/mol. The van der Waals surface area contributed by atoms with Crippen LogP contribution < -0.4 is 5.32 Å². The number of amides is 2. The van der Waals surface area contributed by atoms with Crippen molar-refractivity contribution in [3.8, 4) is 0 Å². The molecule has 0 radical (unpaired) electrons. The normalized spacial score (nSPS) is 18.1. The Labute approximate surface area is 161 Å². The summed E-state index contributed by atoms with van der Waals surface area (Å²) in [5.74, 6) is 0.678. The van der Waals surface area contributed by atoms with Crippen molar-refractivity contribution in [1.29, 1.82) is 0 Å². The van der Waals surface area contributed by atoms with E-state index in [0.717, 1.165) is 31.5 Å². The Morgan fingerprint density at radius 2 is 2.04 bits per heavy atom. The fourth-order valence-electron chi connectivity index (χ4n) is 2.42. The first-order chi connectivity index (χ1) is 10.9. The number of aliphatic imine (C=N–C) groups is 1. The summed E-state index contributed by atoms with van der Waals surface area (Å²) >= 11 is 0. The highest BCUT2D eigenvalue weighted by Gasteiger charge is 2.36. The lowest BCUT2D eigenvalue weighted by Gasteiger charge is -2.36. The first-order valence-corrected chi connectivity index (χ1v) is 8.05. The summed E-state index contributed by atoms with van der Waals surface area (Å²) in [6.45, 7) is 8.21. The quantitative estimate of drug-likeness (QED) is 0.288. The molecular formula is C16H28IN5O2. The highest BCUT2D eigenvalue weighted by molar-refractivity contribution is 14.0. The van der Waals surface area contributed by atoms with Crippen molar-refractivity contribution in [1.82, 2.24) is 20.0 Å². The van der Waals surface area contributed by atoms with E-state index in [0.29, 0.717) is 25.1 Å². The summed E-state index contributed by atoms with van der Waals surface area (Å²) in [4.78, 5) is 33.8. The molecule has 2 rings (SSSR count). The largest absolute Gasteiger partial charge is 0.352 e. The van der Waals surface area contributed by atoms with Gasteiger partial charge < -0.3 is 20.0 Å². The van der Waals surface area contributed by atoms with Crippen LogP contribution in [0.3, 0.4) is 0 Å². The molecule has 2 amide bonds. The van der Waals surface area contributed by atoms with Gasteiger partial charge in [-0.25, -0.2) is 4.99 Å². The third kappa shape index (κ3) is 5.95. The van der Waals surface area contributed by atoms with E-state index in [2.05, 4.69) is 16.9 Å². The van der Waals surface area contributed by atoms with Crippen LogP contribution in [0.1, 0.15) is 19.8 Å². The molecule has 2 fully saturated rings. The van der Waals surface area contributed by atoms with Crippen LogP contribution in [0.25, 0.3) is 0 Å². The van der Waals surface area contributed by atoms with E-state index in [1.165, 1.54) is 4.90 Å². The minimum absolute atomic E-state index is 0. The van der Waals surface area contributed by atoms with Gasteiger partial charge in [0.15, 0.2) is 5.96 Å². The molecule has 7 nitrogen and oxygen atoms in total. The van der Waals surface area contributed by atoms with E-state index in [9.17, 15) is 9.59 Å². The van der Waals surface area contributed by atoms with E-state index >= 15 is 0 Å². The molecule has 1 N–H and O–H groups in total. The van der Waals surface area contributed by atoms with Crippen LogP contribution in [0.5, 0.6) is 0 Å². The first kappa shape index (κ1) is 20.7. The monoisotopic (exact) mass is 449 g/mol. The second-order valence-electron chi connectivity index (χ2n) is 6.48. The third-order valence-electron chi connectivity index (χ3n) is 3.96. The first-order valence-electron chi connectivity index (χ1n) is 8.05. The number of hydrogen-bond acceptors (Lipinski definition) is 3. The second-order valence-corrected chi connectivity index (χ2v) is 6.48. The lowest BCUT2D eigenvalue weighted by molar-refractivity contribution is -0.135. The van der Waals surface area contributed by atoms with Gasteiger partial charge >= 0.3 is 0 Å². The van der Waals surface area contributed by atoms with Crippen molar-refractivity contribution < 1.29 is 9.59 Å². The number of likely N-dealkylation sites (N-methyl/N-ethyl adjacent to an activating group) is 1. The van der Waals surface area contributed by atoms with Gasteiger partial charge in [-0.2, -0.15) is 0 Å². The van der Waals surface area contributed by atoms with Crippen LogP contribution in [0, 0.1) is 0 Å². The number of carbonyl (C=O) groups excluding carboxylic acids is 2. The molecule has 1 aliphatic carbocycles. The van der Waals surface area contributed by atoms with Crippen molar-refractivity contribution in [2.24, 2.45) is 4.99 Å². The van der Waals surface area contributed by atoms with Crippen LogP contribution in [0.4, 0.5) is 0 Å². The summed E-state index contributed by atoms with van der Waals surface area (Å²) in [6.07, 6.45) is 2.25. The van der Waals surface area contributed by atoms with Crippen molar-refractivity contribution in [3.05, 3.63) is 12.2 Å². The molecule has 0 aromatic heterocycles. The molecule has 0 atom stereocenters. The fraction of sp³-hybridized carbons (Fsp3) is 0.688. The Kier molecular flexibility index (Phi) is 7.98. The maximum Gasteiger partial charge on any atom is 0.243 e. The number of piperazine rings is 1. The zero-order chi connectivity index (χ0) is 17.0. The molecule has 1 saturated carbocycles. The van der Waals surface area contributed by atoms with Crippen LogP contribution >= 0.6 is 24.0 Å². The van der Waals surface area contributed by atoms with Crippen LogP contribution in [0.2, 0.25) is 0 Å². The SMILES string of the molecule is C=C(C)CNC(=NCC(=O)N(C)C)N1CCN(C2CC2)C(=O)C1.I. The number of halogens is 1. The predicted molar refractivity (Wildman–Crippen MR) is 106 cm³/mol. The molecule has 0 unspecified atom stereocenters. The molecule has 1 aliphatic heterocycles. The van der Waals surface area contributed by atoms with Crippen molar-refractivity contribution in [3.63, 3.8) is 0 Å². The molecular weight excluding hydrogens is 421 g/mol.